The molecule has 1 amide bonds. The Bertz CT molecular complexity index is 813. The third-order valence-electron chi connectivity index (χ3n) is 4.74. The molecule has 0 atom stereocenters. The number of hydrogen-bond acceptors (Lipinski definition) is 5. The van der Waals surface area contributed by atoms with Gasteiger partial charge in [0.05, 0.1) is 23.4 Å². The maximum Gasteiger partial charge on any atom is 0.390 e. The second-order valence-electron chi connectivity index (χ2n) is 6.66. The van der Waals surface area contributed by atoms with Crippen molar-refractivity contribution in [1.29, 1.82) is 0 Å². The number of nitrogens with zero attached hydrogens (tertiary/aromatic N) is 5. The summed E-state index contributed by atoms with van der Waals surface area (Å²) in [5.74, 6) is -0.130. The van der Waals surface area contributed by atoms with Crippen LogP contribution in [0.4, 0.5) is 5.82 Å². The zero-order chi connectivity index (χ0) is 19.4. The number of carbonyl (C=O) groups is 1. The van der Waals surface area contributed by atoms with Crippen molar-refractivity contribution < 1.29 is 9.72 Å². The second-order valence-corrected chi connectivity index (χ2v) is 7.09. The van der Waals surface area contributed by atoms with Gasteiger partial charge in [-0.2, -0.15) is 4.68 Å². The normalized spacial score (nSPS) is 15.1. The fraction of sp³-hybridized carbons (Fsp3) is 0.444. The molecule has 2 aromatic rings. The van der Waals surface area contributed by atoms with E-state index in [1.165, 1.54) is 16.3 Å². The Morgan fingerprint density at radius 3 is 2.48 bits per heavy atom. The molecule has 0 bridgehead atoms. The van der Waals surface area contributed by atoms with E-state index in [9.17, 15) is 14.9 Å². The molecule has 0 radical (unpaired) electrons. The Labute approximate surface area is 162 Å². The largest absolute Gasteiger partial charge is 0.390 e. The number of hydrogen-bond donors (Lipinski definition) is 0. The smallest absolute Gasteiger partial charge is 0.358 e. The summed E-state index contributed by atoms with van der Waals surface area (Å²) in [5, 5.41) is 15.4. The van der Waals surface area contributed by atoms with Crippen LogP contribution in [0.2, 0.25) is 5.02 Å². The van der Waals surface area contributed by atoms with Crippen LogP contribution in [0.15, 0.2) is 30.3 Å². The van der Waals surface area contributed by atoms with E-state index in [0.717, 1.165) is 24.7 Å². The van der Waals surface area contributed by atoms with Gasteiger partial charge in [-0.15, -0.1) is 0 Å². The van der Waals surface area contributed by atoms with Crippen LogP contribution >= 0.6 is 11.6 Å². The lowest BCUT2D eigenvalue weighted by Crippen LogP contribution is -2.48. The van der Waals surface area contributed by atoms with E-state index in [0.29, 0.717) is 25.3 Å². The zero-order valence-electron chi connectivity index (χ0n) is 15.2. The van der Waals surface area contributed by atoms with Gasteiger partial charge < -0.3 is 15.0 Å². The molecule has 3 rings (SSSR count). The summed E-state index contributed by atoms with van der Waals surface area (Å²) in [7, 11) is 0. The molecule has 1 aromatic heterocycles. The Balaban J connectivity index is 1.45. The van der Waals surface area contributed by atoms with Crippen LogP contribution in [0.1, 0.15) is 17.7 Å². The van der Waals surface area contributed by atoms with Crippen LogP contribution in [0.5, 0.6) is 0 Å². The summed E-state index contributed by atoms with van der Waals surface area (Å²) in [6, 6.07) is 9.23. The highest BCUT2D eigenvalue weighted by Crippen LogP contribution is 2.14. The number of carbonyl (C=O) groups excluding carboxylic acids is 1. The minimum absolute atomic E-state index is 0.0543. The topological polar surface area (TPSA) is 84.5 Å². The fourth-order valence-corrected chi connectivity index (χ4v) is 3.30. The Morgan fingerprint density at radius 2 is 1.89 bits per heavy atom. The molecule has 1 saturated heterocycles. The summed E-state index contributed by atoms with van der Waals surface area (Å²) < 4.78 is 1.52. The summed E-state index contributed by atoms with van der Waals surface area (Å²) in [5.41, 5.74) is 1.89. The maximum atomic E-state index is 12.4. The van der Waals surface area contributed by atoms with Gasteiger partial charge in [-0.3, -0.25) is 9.69 Å². The van der Waals surface area contributed by atoms with E-state index < -0.39 is 4.92 Å². The number of rotatable bonds is 6. The average molecular weight is 392 g/mol. The lowest BCUT2D eigenvalue weighted by atomic mass is 10.2. The predicted molar refractivity (Wildman–Crippen MR) is 102 cm³/mol. The first-order chi connectivity index (χ1) is 12.9. The van der Waals surface area contributed by atoms with E-state index in [1.807, 2.05) is 29.2 Å². The van der Waals surface area contributed by atoms with Gasteiger partial charge >= 0.3 is 5.82 Å². The molecule has 1 fully saturated rings. The predicted octanol–water partition coefficient (Wildman–Crippen LogP) is 2.49. The second kappa shape index (κ2) is 8.49. The molecule has 2 heterocycles. The summed E-state index contributed by atoms with van der Waals surface area (Å²) >= 11 is 5.91. The van der Waals surface area contributed by atoms with Crippen molar-refractivity contribution in [2.24, 2.45) is 0 Å². The highest BCUT2D eigenvalue weighted by atomic mass is 35.5. The van der Waals surface area contributed by atoms with Crippen molar-refractivity contribution in [2.75, 3.05) is 26.2 Å². The van der Waals surface area contributed by atoms with Gasteiger partial charge in [0.25, 0.3) is 0 Å². The molecule has 9 heteroatoms. The molecular weight excluding hydrogens is 370 g/mol. The van der Waals surface area contributed by atoms with Gasteiger partial charge in [-0.1, -0.05) is 23.7 Å². The van der Waals surface area contributed by atoms with Crippen LogP contribution in [-0.2, 0) is 17.9 Å². The average Bonchev–Trinajstić information content (AvgIpc) is 3.03. The first-order valence-corrected chi connectivity index (χ1v) is 9.23. The molecule has 0 spiro atoms. The Kier molecular flexibility index (Phi) is 6.08. The molecule has 27 heavy (non-hydrogen) atoms. The number of aryl methyl sites for hydroxylation is 2. The van der Waals surface area contributed by atoms with E-state index in [-0.39, 0.29) is 18.1 Å². The third-order valence-corrected chi connectivity index (χ3v) is 4.99. The van der Waals surface area contributed by atoms with Crippen molar-refractivity contribution >= 4 is 23.3 Å². The third kappa shape index (κ3) is 5.05. The molecule has 0 N–H and O–H groups in total. The summed E-state index contributed by atoms with van der Waals surface area (Å²) in [4.78, 5) is 26.9. The Hall–Kier alpha value is -2.45. The quantitative estimate of drug-likeness (QED) is 0.558. The van der Waals surface area contributed by atoms with Crippen LogP contribution < -0.4 is 0 Å². The highest BCUT2D eigenvalue weighted by Gasteiger charge is 2.22. The van der Waals surface area contributed by atoms with Gasteiger partial charge in [0.15, 0.2) is 0 Å². The van der Waals surface area contributed by atoms with E-state index >= 15 is 0 Å². The maximum absolute atomic E-state index is 12.4. The molecule has 8 nitrogen and oxygen atoms in total. The minimum atomic E-state index is -0.523. The Morgan fingerprint density at radius 1 is 1.22 bits per heavy atom. The summed E-state index contributed by atoms with van der Waals surface area (Å²) in [6.07, 6.45) is 0.289. The highest BCUT2D eigenvalue weighted by molar-refractivity contribution is 6.30. The molecule has 1 aromatic carbocycles. The molecule has 0 saturated carbocycles. The van der Waals surface area contributed by atoms with Gasteiger partial charge in [-0.05, 0) is 29.5 Å². The van der Waals surface area contributed by atoms with Crippen LogP contribution in [-0.4, -0.2) is 56.6 Å². The van der Waals surface area contributed by atoms with Crippen molar-refractivity contribution in [3.05, 3.63) is 56.7 Å². The van der Waals surface area contributed by atoms with E-state index in [4.69, 9.17) is 11.6 Å². The number of piperazine rings is 1. The van der Waals surface area contributed by atoms with Crippen LogP contribution in [0.25, 0.3) is 0 Å². The van der Waals surface area contributed by atoms with E-state index in [1.54, 1.807) is 6.92 Å². The van der Waals surface area contributed by atoms with Gasteiger partial charge in [0.2, 0.25) is 5.91 Å². The lowest BCUT2D eigenvalue weighted by Gasteiger charge is -2.34. The SMILES string of the molecule is Cc1cc([N+](=O)[O-])nn1CCC(=O)N1CCN(Cc2ccc(Cl)cc2)CC1. The molecule has 0 aliphatic carbocycles. The molecule has 1 aliphatic heterocycles. The molecule has 0 unspecified atom stereocenters. The van der Waals surface area contributed by atoms with Crippen molar-refractivity contribution in [3.8, 4) is 0 Å². The fourth-order valence-electron chi connectivity index (χ4n) is 3.17. The number of nitro groups is 1. The number of benzene rings is 1. The molecule has 144 valence electrons. The first kappa shape index (κ1) is 19.3. The van der Waals surface area contributed by atoms with Crippen LogP contribution in [0.3, 0.4) is 0 Å². The minimum Gasteiger partial charge on any atom is -0.358 e. The summed E-state index contributed by atoms with van der Waals surface area (Å²) in [6.45, 7) is 5.95. The molecular formula is C18H22ClN5O3. The van der Waals surface area contributed by atoms with E-state index in [2.05, 4.69) is 10.00 Å². The first-order valence-electron chi connectivity index (χ1n) is 8.86. The van der Waals surface area contributed by atoms with Crippen molar-refractivity contribution in [2.45, 2.75) is 26.4 Å². The number of aromatic nitrogens is 2. The van der Waals surface area contributed by atoms with Gasteiger partial charge in [0.1, 0.15) is 0 Å². The van der Waals surface area contributed by atoms with Gasteiger partial charge in [0, 0.05) is 44.2 Å². The lowest BCUT2D eigenvalue weighted by molar-refractivity contribution is -0.389. The molecule has 1 aliphatic rings. The van der Waals surface area contributed by atoms with Crippen LogP contribution in [0, 0.1) is 17.0 Å². The monoisotopic (exact) mass is 391 g/mol. The van der Waals surface area contributed by atoms with Crippen molar-refractivity contribution in [1.82, 2.24) is 19.6 Å². The van der Waals surface area contributed by atoms with Gasteiger partial charge in [-0.25, -0.2) is 0 Å². The number of amides is 1. The van der Waals surface area contributed by atoms with Crippen molar-refractivity contribution in [3.63, 3.8) is 0 Å². The standard InChI is InChI=1S/C18H22ClN5O3/c1-14-12-17(24(26)27)20-23(14)7-6-18(25)22-10-8-21(9-11-22)13-15-2-4-16(19)5-3-15/h2-5,12H,6-11,13H2,1H3. The number of halogens is 1. The zero-order valence-corrected chi connectivity index (χ0v) is 15.9.